The maximum absolute atomic E-state index is 11.8. The number of ether oxygens (including phenoxy) is 1. The second kappa shape index (κ2) is 4.62. The third-order valence-corrected chi connectivity index (χ3v) is 2.67. The highest BCUT2D eigenvalue weighted by molar-refractivity contribution is 5.96. The molecule has 0 aromatic carbocycles. The second-order valence-corrected chi connectivity index (χ2v) is 4.28. The van der Waals surface area contributed by atoms with Crippen LogP contribution >= 0.6 is 0 Å². The highest BCUT2D eigenvalue weighted by Crippen LogP contribution is 2.19. The molecule has 0 spiro atoms. The van der Waals surface area contributed by atoms with Gasteiger partial charge in [-0.05, 0) is 33.3 Å². The van der Waals surface area contributed by atoms with Crippen molar-refractivity contribution in [2.45, 2.75) is 39.2 Å². The van der Waals surface area contributed by atoms with Crippen LogP contribution in [0.15, 0.2) is 16.7 Å². The van der Waals surface area contributed by atoms with E-state index in [-0.39, 0.29) is 11.4 Å². The number of furan rings is 1. The third-order valence-electron chi connectivity index (χ3n) is 2.67. The first-order valence-electron chi connectivity index (χ1n) is 5.09. The number of rotatable bonds is 5. The van der Waals surface area contributed by atoms with Crippen LogP contribution in [0.3, 0.4) is 0 Å². The molecule has 1 aromatic rings. The molecule has 0 atom stereocenters. The van der Waals surface area contributed by atoms with E-state index < -0.39 is 0 Å². The van der Waals surface area contributed by atoms with E-state index in [9.17, 15) is 4.79 Å². The molecule has 0 amide bonds. The van der Waals surface area contributed by atoms with Crippen LogP contribution in [0.1, 0.15) is 42.8 Å². The summed E-state index contributed by atoms with van der Waals surface area (Å²) < 4.78 is 10.4. The van der Waals surface area contributed by atoms with Crippen molar-refractivity contribution in [3.63, 3.8) is 0 Å². The minimum Gasteiger partial charge on any atom is -0.469 e. The van der Waals surface area contributed by atoms with Crippen LogP contribution in [0.4, 0.5) is 0 Å². The van der Waals surface area contributed by atoms with Crippen LogP contribution in [-0.4, -0.2) is 18.5 Å². The van der Waals surface area contributed by atoms with Gasteiger partial charge in [-0.25, -0.2) is 0 Å². The highest BCUT2D eigenvalue weighted by atomic mass is 16.5. The molecule has 1 rings (SSSR count). The molecule has 84 valence electrons. The lowest BCUT2D eigenvalue weighted by Crippen LogP contribution is -2.23. The predicted molar refractivity (Wildman–Crippen MR) is 58.1 cm³/mol. The van der Waals surface area contributed by atoms with E-state index in [2.05, 4.69) is 0 Å². The zero-order chi connectivity index (χ0) is 11.5. The average Bonchev–Trinajstić information content (AvgIpc) is 2.61. The molecule has 0 fully saturated rings. The summed E-state index contributed by atoms with van der Waals surface area (Å²) in [7, 11) is 1.66. The first-order valence-corrected chi connectivity index (χ1v) is 5.09. The lowest BCUT2D eigenvalue weighted by atomic mass is 9.98. The van der Waals surface area contributed by atoms with Crippen LogP contribution in [0.25, 0.3) is 0 Å². The lowest BCUT2D eigenvalue weighted by Gasteiger charge is -2.21. The summed E-state index contributed by atoms with van der Waals surface area (Å²) in [6.45, 7) is 5.75. The number of carbonyl (C=O) groups is 1. The standard InChI is InChI=1S/C12H18O3/c1-9-10(6-8-15-9)11(13)5-7-12(2,3)14-4/h6,8H,5,7H2,1-4H3. The molecule has 3 nitrogen and oxygen atoms in total. The summed E-state index contributed by atoms with van der Waals surface area (Å²) >= 11 is 0. The Labute approximate surface area is 90.4 Å². The highest BCUT2D eigenvalue weighted by Gasteiger charge is 2.19. The van der Waals surface area contributed by atoms with Crippen LogP contribution in [0, 0.1) is 6.92 Å². The smallest absolute Gasteiger partial charge is 0.166 e. The van der Waals surface area contributed by atoms with Gasteiger partial charge in [0.05, 0.1) is 17.4 Å². The number of carbonyl (C=O) groups excluding carboxylic acids is 1. The Kier molecular flexibility index (Phi) is 3.69. The number of Topliss-reactive ketones (excluding diaryl/α,β-unsaturated/α-hetero) is 1. The number of hydrogen-bond acceptors (Lipinski definition) is 3. The van der Waals surface area contributed by atoms with E-state index in [4.69, 9.17) is 9.15 Å². The Balaban J connectivity index is 2.55. The van der Waals surface area contributed by atoms with E-state index in [0.717, 1.165) is 0 Å². The Hall–Kier alpha value is -1.09. The maximum atomic E-state index is 11.8. The van der Waals surface area contributed by atoms with Gasteiger partial charge in [0.25, 0.3) is 0 Å². The first kappa shape index (κ1) is 12.0. The van der Waals surface area contributed by atoms with Gasteiger partial charge in [0.1, 0.15) is 5.76 Å². The molecule has 1 aromatic heterocycles. The fourth-order valence-electron chi connectivity index (χ4n) is 1.33. The summed E-state index contributed by atoms with van der Waals surface area (Å²) in [6.07, 6.45) is 2.75. The van der Waals surface area contributed by atoms with Gasteiger partial charge in [-0.15, -0.1) is 0 Å². The van der Waals surface area contributed by atoms with E-state index >= 15 is 0 Å². The van der Waals surface area contributed by atoms with Gasteiger partial charge in [0.15, 0.2) is 5.78 Å². The van der Waals surface area contributed by atoms with Crippen molar-refractivity contribution < 1.29 is 13.9 Å². The van der Waals surface area contributed by atoms with Crippen molar-refractivity contribution in [1.82, 2.24) is 0 Å². The molecule has 0 aliphatic rings. The minimum absolute atomic E-state index is 0.117. The Morgan fingerprint density at radius 3 is 2.67 bits per heavy atom. The van der Waals surface area contributed by atoms with Crippen molar-refractivity contribution in [3.8, 4) is 0 Å². The summed E-state index contributed by atoms with van der Waals surface area (Å²) in [5.41, 5.74) is 0.440. The molecular weight excluding hydrogens is 192 g/mol. The molecular formula is C12H18O3. The quantitative estimate of drug-likeness (QED) is 0.701. The zero-order valence-electron chi connectivity index (χ0n) is 9.79. The van der Waals surface area contributed by atoms with Gasteiger partial charge in [-0.1, -0.05) is 0 Å². The summed E-state index contributed by atoms with van der Waals surface area (Å²) in [6, 6.07) is 1.72. The normalized spacial score (nSPS) is 11.7. The molecule has 1 heterocycles. The number of methoxy groups -OCH3 is 1. The summed E-state index contributed by atoms with van der Waals surface area (Å²) in [5, 5.41) is 0. The number of hydrogen-bond donors (Lipinski definition) is 0. The lowest BCUT2D eigenvalue weighted by molar-refractivity contribution is 0.0141. The SMILES string of the molecule is COC(C)(C)CCC(=O)c1ccoc1C. The van der Waals surface area contributed by atoms with Crippen LogP contribution in [0.2, 0.25) is 0 Å². The second-order valence-electron chi connectivity index (χ2n) is 4.28. The molecule has 0 aliphatic heterocycles. The Morgan fingerprint density at radius 2 is 2.20 bits per heavy atom. The van der Waals surface area contributed by atoms with E-state index in [1.54, 1.807) is 26.4 Å². The Bertz CT molecular complexity index is 336. The predicted octanol–water partition coefficient (Wildman–Crippen LogP) is 2.98. The average molecular weight is 210 g/mol. The molecule has 0 radical (unpaired) electrons. The van der Waals surface area contributed by atoms with Gasteiger partial charge in [-0.3, -0.25) is 4.79 Å². The van der Waals surface area contributed by atoms with Crippen LogP contribution in [0.5, 0.6) is 0 Å². The third kappa shape index (κ3) is 3.20. The van der Waals surface area contributed by atoms with Crippen LogP contribution in [-0.2, 0) is 4.74 Å². The monoisotopic (exact) mass is 210 g/mol. The zero-order valence-corrected chi connectivity index (χ0v) is 9.79. The van der Waals surface area contributed by atoms with Crippen molar-refractivity contribution in [2.75, 3.05) is 7.11 Å². The summed E-state index contributed by atoms with van der Waals surface area (Å²) in [4.78, 5) is 11.8. The van der Waals surface area contributed by atoms with Crippen molar-refractivity contribution in [2.24, 2.45) is 0 Å². The van der Waals surface area contributed by atoms with Crippen LogP contribution < -0.4 is 0 Å². The topological polar surface area (TPSA) is 39.4 Å². The van der Waals surface area contributed by atoms with Crippen molar-refractivity contribution in [1.29, 1.82) is 0 Å². The first-order chi connectivity index (χ1) is 6.96. The van der Waals surface area contributed by atoms with Gasteiger partial charge in [0.2, 0.25) is 0 Å². The molecule has 3 heteroatoms. The largest absolute Gasteiger partial charge is 0.469 e. The van der Waals surface area contributed by atoms with E-state index in [1.165, 1.54) is 0 Å². The molecule has 0 bridgehead atoms. The molecule has 0 unspecified atom stereocenters. The minimum atomic E-state index is -0.243. The fourth-order valence-corrected chi connectivity index (χ4v) is 1.33. The summed E-state index contributed by atoms with van der Waals surface area (Å²) in [5.74, 6) is 0.807. The molecule has 0 saturated carbocycles. The van der Waals surface area contributed by atoms with Gasteiger partial charge < -0.3 is 9.15 Å². The molecule has 15 heavy (non-hydrogen) atoms. The molecule has 0 saturated heterocycles. The number of ketones is 1. The van der Waals surface area contributed by atoms with Gasteiger partial charge in [-0.2, -0.15) is 0 Å². The van der Waals surface area contributed by atoms with Gasteiger partial charge in [0, 0.05) is 13.5 Å². The van der Waals surface area contributed by atoms with E-state index in [1.807, 2.05) is 13.8 Å². The molecule has 0 aliphatic carbocycles. The maximum Gasteiger partial charge on any atom is 0.166 e. The van der Waals surface area contributed by atoms with E-state index in [0.29, 0.717) is 24.2 Å². The van der Waals surface area contributed by atoms with Gasteiger partial charge >= 0.3 is 0 Å². The van der Waals surface area contributed by atoms with Crippen molar-refractivity contribution >= 4 is 5.78 Å². The number of aryl methyl sites for hydroxylation is 1. The Morgan fingerprint density at radius 1 is 1.53 bits per heavy atom. The molecule has 0 N–H and O–H groups in total. The van der Waals surface area contributed by atoms with Crippen molar-refractivity contribution in [3.05, 3.63) is 23.7 Å². The fraction of sp³-hybridized carbons (Fsp3) is 0.583.